The van der Waals surface area contributed by atoms with Crippen LogP contribution < -0.4 is 22.5 Å². The molecule has 62 heavy (non-hydrogen) atoms. The maximum absolute atomic E-state index is 7.07. The molecular weight excluding hydrogens is 761 g/mol. The van der Waals surface area contributed by atoms with Crippen molar-refractivity contribution in [2.24, 2.45) is 21.5 Å². The quantitative estimate of drug-likeness (QED) is 0.0450. The van der Waals surface area contributed by atoms with E-state index in [1.807, 2.05) is 31.5 Å². The van der Waals surface area contributed by atoms with Crippen molar-refractivity contribution in [2.75, 3.05) is 33.4 Å². The Morgan fingerprint density at radius 3 is 2.15 bits per heavy atom. The van der Waals surface area contributed by atoms with E-state index >= 15 is 0 Å². The molecule has 2 unspecified atom stereocenters. The first-order valence-corrected chi connectivity index (χ1v) is 22.6. The molecule has 0 aromatic heterocycles. The first-order chi connectivity index (χ1) is 30.0. The Labute approximate surface area is 372 Å². The molecule has 0 amide bonds. The molecule has 0 bridgehead atoms. The van der Waals surface area contributed by atoms with Crippen LogP contribution in [0.2, 0.25) is 0 Å². The summed E-state index contributed by atoms with van der Waals surface area (Å²) in [5.41, 5.74) is 34.2. The lowest BCUT2D eigenvalue weighted by Crippen LogP contribution is -2.50. The summed E-state index contributed by atoms with van der Waals surface area (Å²) in [4.78, 5) is 14.4. The number of unbranched alkanes of at least 4 members (excludes halogenated alkanes) is 5. The van der Waals surface area contributed by atoms with Gasteiger partial charge < -0.3 is 32.3 Å². The largest absolute Gasteiger partial charge is 0.399 e. The van der Waals surface area contributed by atoms with Crippen molar-refractivity contribution >= 4 is 52.4 Å². The highest BCUT2D eigenvalue weighted by Crippen LogP contribution is 2.43. The maximum atomic E-state index is 7.07. The van der Waals surface area contributed by atoms with E-state index < -0.39 is 5.66 Å². The van der Waals surface area contributed by atoms with E-state index in [9.17, 15) is 0 Å². The fourth-order valence-corrected chi connectivity index (χ4v) is 8.95. The number of aryl methyl sites for hydroxylation is 5. The molecular formula is C54H70N8. The van der Waals surface area contributed by atoms with Gasteiger partial charge in [0.2, 0.25) is 0 Å². The van der Waals surface area contributed by atoms with Gasteiger partial charge in [0, 0.05) is 55.2 Å². The minimum absolute atomic E-state index is 0.209. The summed E-state index contributed by atoms with van der Waals surface area (Å²) < 4.78 is 0. The number of nitrogens with one attached hydrogen (secondary N) is 1. The number of benzene rings is 4. The minimum Gasteiger partial charge on any atom is -0.399 e. The molecule has 2 atom stereocenters. The number of anilines is 1. The number of aliphatic imine (C=N–C) groups is 2. The van der Waals surface area contributed by atoms with Gasteiger partial charge in [0.25, 0.3) is 0 Å². The van der Waals surface area contributed by atoms with E-state index in [1.54, 1.807) is 0 Å². The Bertz CT molecular complexity index is 2300. The molecule has 3 heterocycles. The predicted molar refractivity (Wildman–Crippen MR) is 268 cm³/mol. The van der Waals surface area contributed by atoms with Gasteiger partial charge >= 0.3 is 0 Å². The number of nitrogen functional groups attached to an aromatic ring is 1. The minimum atomic E-state index is -0.736. The summed E-state index contributed by atoms with van der Waals surface area (Å²) in [5.74, 6) is 0. The molecule has 3 aliphatic heterocycles. The average molecular weight is 831 g/mol. The summed E-state index contributed by atoms with van der Waals surface area (Å²) in [6, 6.07) is 26.4. The molecule has 3 aliphatic rings. The highest BCUT2D eigenvalue weighted by atomic mass is 15.3. The fraction of sp³-hybridized carbons (Fsp3) is 0.370. The molecule has 0 saturated heterocycles. The van der Waals surface area contributed by atoms with Crippen LogP contribution in [0.5, 0.6) is 0 Å². The molecule has 0 spiro atoms. The molecule has 4 aromatic carbocycles. The fourth-order valence-electron chi connectivity index (χ4n) is 8.95. The van der Waals surface area contributed by atoms with Crippen LogP contribution in [-0.4, -0.2) is 61.6 Å². The van der Waals surface area contributed by atoms with E-state index in [0.29, 0.717) is 6.42 Å². The van der Waals surface area contributed by atoms with Gasteiger partial charge in [0.05, 0.1) is 17.4 Å². The normalized spacial score (nSPS) is 18.0. The Balaban J connectivity index is 0.00000316. The van der Waals surface area contributed by atoms with Gasteiger partial charge in [0.15, 0.2) is 0 Å². The lowest BCUT2D eigenvalue weighted by Gasteiger charge is -2.32. The van der Waals surface area contributed by atoms with Crippen LogP contribution in [0.25, 0.3) is 22.9 Å². The SMILES string of the molecule is C=Cc1cc(C)c(CCCCCCCc2cc3c(cc2C)C(=C)N2C=C(c4ccc(CCCCNC)cc4)CC2(N)C=N3)cc1N=CC1CC(c2ccc(N)cc2)=CN1C.CN. The van der Waals surface area contributed by atoms with Crippen LogP contribution in [0.15, 0.2) is 108 Å². The summed E-state index contributed by atoms with van der Waals surface area (Å²) in [5, 5.41) is 3.23. The van der Waals surface area contributed by atoms with Gasteiger partial charge in [-0.3, -0.25) is 9.98 Å². The van der Waals surface area contributed by atoms with Crippen LogP contribution in [-0.2, 0) is 19.3 Å². The number of nitrogens with two attached hydrogens (primary N) is 3. The topological polar surface area (TPSA) is 121 Å². The summed E-state index contributed by atoms with van der Waals surface area (Å²) >= 11 is 0. The third-order valence-corrected chi connectivity index (χ3v) is 12.7. The van der Waals surface area contributed by atoms with Gasteiger partial charge in [0.1, 0.15) is 5.66 Å². The van der Waals surface area contributed by atoms with Crippen molar-refractivity contribution in [3.8, 4) is 0 Å². The lowest BCUT2D eigenvalue weighted by molar-refractivity contribution is 0.358. The van der Waals surface area contributed by atoms with Gasteiger partial charge in [-0.05, 0) is 178 Å². The van der Waals surface area contributed by atoms with Gasteiger partial charge in [-0.2, -0.15) is 0 Å². The molecule has 0 radical (unpaired) electrons. The second kappa shape index (κ2) is 21.5. The summed E-state index contributed by atoms with van der Waals surface area (Å²) in [6.07, 6.45) is 23.5. The number of hydrogen-bond acceptors (Lipinski definition) is 8. The highest BCUT2D eigenvalue weighted by Gasteiger charge is 2.40. The molecule has 7 rings (SSSR count). The molecule has 0 saturated carbocycles. The Kier molecular flexibility index (Phi) is 15.9. The lowest BCUT2D eigenvalue weighted by atomic mass is 9.96. The van der Waals surface area contributed by atoms with Crippen molar-refractivity contribution < 1.29 is 0 Å². The number of rotatable bonds is 18. The van der Waals surface area contributed by atoms with E-state index in [4.69, 9.17) is 21.5 Å². The second-order valence-corrected chi connectivity index (χ2v) is 17.3. The number of hydrogen-bond donors (Lipinski definition) is 4. The Morgan fingerprint density at radius 2 is 1.45 bits per heavy atom. The Morgan fingerprint density at radius 1 is 0.823 bits per heavy atom. The Hall–Kier alpha value is -5.54. The van der Waals surface area contributed by atoms with Crippen molar-refractivity contribution in [1.82, 2.24) is 15.1 Å². The van der Waals surface area contributed by atoms with Crippen molar-refractivity contribution in [3.05, 3.63) is 148 Å². The van der Waals surface area contributed by atoms with Crippen LogP contribution in [0.4, 0.5) is 17.1 Å². The van der Waals surface area contributed by atoms with Gasteiger partial charge in [-0.25, -0.2) is 0 Å². The van der Waals surface area contributed by atoms with Gasteiger partial charge in [-0.1, -0.05) is 74.9 Å². The van der Waals surface area contributed by atoms with Crippen LogP contribution in [0.1, 0.15) is 108 Å². The van der Waals surface area contributed by atoms with Gasteiger partial charge in [-0.15, -0.1) is 0 Å². The average Bonchev–Trinajstić information content (AvgIpc) is 3.81. The number of fused-ring (bicyclic) bond motifs is 2. The van der Waals surface area contributed by atoms with Crippen molar-refractivity contribution in [1.29, 1.82) is 0 Å². The molecule has 0 aliphatic carbocycles. The second-order valence-electron chi connectivity index (χ2n) is 17.3. The summed E-state index contributed by atoms with van der Waals surface area (Å²) in [6.45, 7) is 14.1. The third-order valence-electron chi connectivity index (χ3n) is 12.7. The smallest absolute Gasteiger partial charge is 0.133 e. The zero-order chi connectivity index (χ0) is 44.2. The zero-order valence-corrected chi connectivity index (χ0v) is 38.0. The van der Waals surface area contributed by atoms with E-state index in [2.05, 4.69) is 134 Å². The third kappa shape index (κ3) is 11.1. The van der Waals surface area contributed by atoms with E-state index in [0.717, 1.165) is 72.5 Å². The molecule has 326 valence electrons. The monoisotopic (exact) mass is 831 g/mol. The van der Waals surface area contributed by atoms with E-state index in [-0.39, 0.29) is 6.04 Å². The molecule has 8 nitrogen and oxygen atoms in total. The van der Waals surface area contributed by atoms with E-state index in [1.165, 1.54) is 95.7 Å². The highest BCUT2D eigenvalue weighted by molar-refractivity contribution is 5.90. The predicted octanol–water partition coefficient (Wildman–Crippen LogP) is 10.9. The zero-order valence-electron chi connectivity index (χ0n) is 38.0. The molecule has 4 aromatic rings. The number of nitrogens with zero attached hydrogens (tertiary/aromatic N) is 4. The maximum Gasteiger partial charge on any atom is 0.133 e. The van der Waals surface area contributed by atoms with Crippen LogP contribution in [0.3, 0.4) is 0 Å². The van der Waals surface area contributed by atoms with Crippen LogP contribution >= 0.6 is 0 Å². The molecule has 8 heteroatoms. The van der Waals surface area contributed by atoms with Crippen LogP contribution in [0, 0.1) is 13.8 Å². The first-order valence-electron chi connectivity index (χ1n) is 22.6. The molecule has 7 N–H and O–H groups in total. The van der Waals surface area contributed by atoms with Crippen molar-refractivity contribution in [2.45, 2.75) is 103 Å². The van der Waals surface area contributed by atoms with Crippen molar-refractivity contribution in [3.63, 3.8) is 0 Å². The first kappa shape index (κ1) is 46.0. The summed E-state index contributed by atoms with van der Waals surface area (Å²) in [7, 11) is 5.63. The molecule has 0 fully saturated rings. The standard InChI is InChI=1S/C53H65N7.CH5N/c1-7-41-27-37(2)44(30-51(41)57-33-49-29-46(34-59(49)6)42-22-24-48(54)25-23-42)16-11-9-8-10-12-17-45-31-52-50(28-38(45)3)39(4)60-35-47(32-53(60,55)36-58-52)43-20-18-40(19-21-43)15-13-14-26-56-5;1-2/h7,18-25,27-28,30-31,33-36,49,56H,1,4,8-17,26,29,32,54-55H2,2-3,5-6H3;2H2,1H3.